The highest BCUT2D eigenvalue weighted by molar-refractivity contribution is 5.21. The zero-order chi connectivity index (χ0) is 11.4. The second kappa shape index (κ2) is 5.23. The second-order valence-corrected chi connectivity index (χ2v) is 3.88. The van der Waals surface area contributed by atoms with Crippen molar-refractivity contribution in [1.29, 1.82) is 0 Å². The summed E-state index contributed by atoms with van der Waals surface area (Å²) in [6.45, 7) is 0.779. The summed E-state index contributed by atoms with van der Waals surface area (Å²) in [4.78, 5) is 8.32. The fraction of sp³-hybridized carbons (Fsp3) is 0.636. The minimum absolute atomic E-state index is 0.0272. The Morgan fingerprint density at radius 2 is 2.25 bits per heavy atom. The Morgan fingerprint density at radius 1 is 1.44 bits per heavy atom. The van der Waals surface area contributed by atoms with Gasteiger partial charge in [-0.2, -0.15) is 0 Å². The Balaban J connectivity index is 2.15. The van der Waals surface area contributed by atoms with Crippen molar-refractivity contribution in [2.24, 2.45) is 5.73 Å². The molecule has 1 saturated heterocycles. The first-order valence-corrected chi connectivity index (χ1v) is 5.55. The molecule has 1 aliphatic heterocycles. The zero-order valence-electron chi connectivity index (χ0n) is 9.43. The molecule has 0 radical (unpaired) electrons. The van der Waals surface area contributed by atoms with E-state index in [9.17, 15) is 0 Å². The minimum Gasteiger partial charge on any atom is -0.480 e. The fourth-order valence-electron chi connectivity index (χ4n) is 1.95. The number of hydrogen-bond acceptors (Lipinski definition) is 5. The Kier molecular flexibility index (Phi) is 3.69. The molecular weight excluding hydrogens is 206 g/mol. The lowest BCUT2D eigenvalue weighted by Crippen LogP contribution is -2.32. The van der Waals surface area contributed by atoms with E-state index in [1.54, 1.807) is 19.5 Å². The lowest BCUT2D eigenvalue weighted by molar-refractivity contribution is -0.00132. The van der Waals surface area contributed by atoms with Gasteiger partial charge >= 0.3 is 0 Å². The van der Waals surface area contributed by atoms with Crippen LogP contribution in [-0.2, 0) is 4.74 Å². The third-order valence-corrected chi connectivity index (χ3v) is 2.82. The standard InChI is InChI=1S/C11H17N3O2/c1-15-11-10(13-5-6-14-11)9(12)8-4-2-3-7-16-8/h5-6,8-9H,2-4,7,12H2,1H3. The molecule has 88 valence electrons. The molecule has 5 heteroatoms. The largest absolute Gasteiger partial charge is 0.480 e. The van der Waals surface area contributed by atoms with E-state index in [2.05, 4.69) is 9.97 Å². The van der Waals surface area contributed by atoms with Crippen molar-refractivity contribution in [1.82, 2.24) is 9.97 Å². The van der Waals surface area contributed by atoms with Crippen LogP contribution in [0.1, 0.15) is 31.0 Å². The molecule has 1 aromatic heterocycles. The maximum absolute atomic E-state index is 6.14. The van der Waals surface area contributed by atoms with Gasteiger partial charge in [-0.15, -0.1) is 0 Å². The van der Waals surface area contributed by atoms with Crippen molar-refractivity contribution in [2.75, 3.05) is 13.7 Å². The van der Waals surface area contributed by atoms with Crippen molar-refractivity contribution < 1.29 is 9.47 Å². The molecule has 2 rings (SSSR count). The van der Waals surface area contributed by atoms with Gasteiger partial charge in [0, 0.05) is 19.0 Å². The summed E-state index contributed by atoms with van der Waals surface area (Å²) >= 11 is 0. The molecule has 1 aliphatic rings. The number of ether oxygens (including phenoxy) is 2. The molecule has 2 atom stereocenters. The first kappa shape index (κ1) is 11.3. The summed E-state index contributed by atoms with van der Waals surface area (Å²) in [7, 11) is 1.57. The van der Waals surface area contributed by atoms with Crippen LogP contribution in [0.25, 0.3) is 0 Å². The van der Waals surface area contributed by atoms with E-state index in [1.807, 2.05) is 0 Å². The van der Waals surface area contributed by atoms with E-state index in [1.165, 1.54) is 0 Å². The van der Waals surface area contributed by atoms with Crippen LogP contribution in [0.4, 0.5) is 0 Å². The van der Waals surface area contributed by atoms with E-state index in [4.69, 9.17) is 15.2 Å². The summed E-state index contributed by atoms with van der Waals surface area (Å²) in [5.74, 6) is 0.490. The quantitative estimate of drug-likeness (QED) is 0.829. The normalized spacial score (nSPS) is 22.8. The highest BCUT2D eigenvalue weighted by Crippen LogP contribution is 2.27. The maximum atomic E-state index is 6.14. The Morgan fingerprint density at radius 3 is 2.94 bits per heavy atom. The van der Waals surface area contributed by atoms with Gasteiger partial charge < -0.3 is 15.2 Å². The molecule has 16 heavy (non-hydrogen) atoms. The average Bonchev–Trinajstić information content (AvgIpc) is 2.39. The van der Waals surface area contributed by atoms with Gasteiger partial charge in [0.05, 0.1) is 19.3 Å². The summed E-state index contributed by atoms with van der Waals surface area (Å²) in [6, 6.07) is -0.260. The van der Waals surface area contributed by atoms with Gasteiger partial charge in [-0.05, 0) is 19.3 Å². The molecule has 0 aliphatic carbocycles. The van der Waals surface area contributed by atoms with Gasteiger partial charge in [0.25, 0.3) is 0 Å². The summed E-state index contributed by atoms with van der Waals surface area (Å²) in [5, 5.41) is 0. The molecule has 0 amide bonds. The number of rotatable bonds is 3. The summed E-state index contributed by atoms with van der Waals surface area (Å²) in [5.41, 5.74) is 6.82. The van der Waals surface area contributed by atoms with Gasteiger partial charge in [0.2, 0.25) is 5.88 Å². The van der Waals surface area contributed by atoms with Crippen molar-refractivity contribution in [2.45, 2.75) is 31.4 Å². The lowest BCUT2D eigenvalue weighted by atomic mass is 10.0. The fourth-order valence-corrected chi connectivity index (χ4v) is 1.95. The van der Waals surface area contributed by atoms with Crippen LogP contribution >= 0.6 is 0 Å². The number of nitrogens with zero attached hydrogens (tertiary/aromatic N) is 2. The van der Waals surface area contributed by atoms with E-state index in [-0.39, 0.29) is 12.1 Å². The molecule has 0 bridgehead atoms. The third-order valence-electron chi connectivity index (χ3n) is 2.82. The number of nitrogens with two attached hydrogens (primary N) is 1. The minimum atomic E-state index is -0.260. The van der Waals surface area contributed by atoms with Crippen LogP contribution in [0.15, 0.2) is 12.4 Å². The second-order valence-electron chi connectivity index (χ2n) is 3.88. The summed E-state index contributed by atoms with van der Waals surface area (Å²) in [6.07, 6.45) is 6.49. The number of methoxy groups -OCH3 is 1. The molecule has 2 heterocycles. The molecule has 5 nitrogen and oxygen atoms in total. The highest BCUT2D eigenvalue weighted by Gasteiger charge is 2.26. The van der Waals surface area contributed by atoms with E-state index in [0.717, 1.165) is 25.9 Å². The topological polar surface area (TPSA) is 70.3 Å². The zero-order valence-corrected chi connectivity index (χ0v) is 9.43. The van der Waals surface area contributed by atoms with Crippen LogP contribution in [0.5, 0.6) is 5.88 Å². The van der Waals surface area contributed by atoms with Crippen LogP contribution in [0, 0.1) is 0 Å². The van der Waals surface area contributed by atoms with Crippen LogP contribution in [0.2, 0.25) is 0 Å². The van der Waals surface area contributed by atoms with Crippen LogP contribution in [-0.4, -0.2) is 29.8 Å². The van der Waals surface area contributed by atoms with Gasteiger partial charge in [0.15, 0.2) is 0 Å². The smallest absolute Gasteiger partial charge is 0.237 e. The third kappa shape index (κ3) is 2.31. The van der Waals surface area contributed by atoms with Crippen molar-refractivity contribution in [3.8, 4) is 5.88 Å². The first-order chi connectivity index (χ1) is 7.83. The van der Waals surface area contributed by atoms with E-state index < -0.39 is 0 Å². The predicted octanol–water partition coefficient (Wildman–Crippen LogP) is 1.05. The summed E-state index contributed by atoms with van der Waals surface area (Å²) < 4.78 is 10.8. The number of aromatic nitrogens is 2. The Labute approximate surface area is 95.0 Å². The molecule has 0 aromatic carbocycles. The predicted molar refractivity (Wildman–Crippen MR) is 59.1 cm³/mol. The van der Waals surface area contributed by atoms with Gasteiger partial charge in [0.1, 0.15) is 5.69 Å². The van der Waals surface area contributed by atoms with Crippen LogP contribution < -0.4 is 10.5 Å². The lowest BCUT2D eigenvalue weighted by Gasteiger charge is -2.27. The molecule has 1 fully saturated rings. The van der Waals surface area contributed by atoms with Gasteiger partial charge in [-0.3, -0.25) is 4.98 Å². The van der Waals surface area contributed by atoms with E-state index >= 15 is 0 Å². The SMILES string of the molecule is COc1nccnc1C(N)C1CCCCO1. The van der Waals surface area contributed by atoms with Gasteiger partial charge in [-0.25, -0.2) is 4.98 Å². The first-order valence-electron chi connectivity index (χ1n) is 5.55. The van der Waals surface area contributed by atoms with Crippen molar-refractivity contribution >= 4 is 0 Å². The monoisotopic (exact) mass is 223 g/mol. The molecule has 2 unspecified atom stereocenters. The number of hydrogen-bond donors (Lipinski definition) is 1. The molecule has 0 spiro atoms. The molecule has 0 saturated carbocycles. The van der Waals surface area contributed by atoms with Crippen molar-refractivity contribution in [3.05, 3.63) is 18.1 Å². The maximum Gasteiger partial charge on any atom is 0.237 e. The van der Waals surface area contributed by atoms with Crippen LogP contribution in [0.3, 0.4) is 0 Å². The average molecular weight is 223 g/mol. The highest BCUT2D eigenvalue weighted by atomic mass is 16.5. The van der Waals surface area contributed by atoms with Crippen molar-refractivity contribution in [3.63, 3.8) is 0 Å². The Hall–Kier alpha value is -1.20. The molecule has 2 N–H and O–H groups in total. The van der Waals surface area contributed by atoms with Gasteiger partial charge in [-0.1, -0.05) is 0 Å². The van der Waals surface area contributed by atoms with E-state index in [0.29, 0.717) is 11.6 Å². The Bertz CT molecular complexity index is 340. The molecular formula is C11H17N3O2. The molecule has 1 aromatic rings.